The molecule has 0 radical (unpaired) electrons. The molecule has 2 N–H and O–H groups in total. The lowest BCUT2D eigenvalue weighted by Crippen LogP contribution is -2.23. The van der Waals surface area contributed by atoms with Crippen LogP contribution in [0.1, 0.15) is 31.4 Å². The molecule has 5 heteroatoms. The van der Waals surface area contributed by atoms with Gasteiger partial charge in [0.05, 0.1) is 0 Å². The van der Waals surface area contributed by atoms with Gasteiger partial charge in [-0.15, -0.1) is 0 Å². The fourth-order valence-corrected chi connectivity index (χ4v) is 2.95. The lowest BCUT2D eigenvalue weighted by molar-refractivity contribution is -0.116. The highest BCUT2D eigenvalue weighted by atomic mass is 35.5. The summed E-state index contributed by atoms with van der Waals surface area (Å²) in [5, 5.41) is 7.02. The maximum Gasteiger partial charge on any atom is 0.225 e. The minimum Gasteiger partial charge on any atom is -0.372 e. The monoisotopic (exact) mass is 373 g/mol. The zero-order valence-electron chi connectivity index (χ0n) is 15.8. The zero-order valence-corrected chi connectivity index (χ0v) is 16.6. The van der Waals surface area contributed by atoms with Crippen molar-refractivity contribution in [3.63, 3.8) is 0 Å². The average molecular weight is 374 g/mol. The van der Waals surface area contributed by atoms with E-state index in [0.29, 0.717) is 13.0 Å². The number of nitrogens with zero attached hydrogens (tertiary/aromatic N) is 1. The third-order valence-electron chi connectivity index (χ3n) is 4.38. The summed E-state index contributed by atoms with van der Waals surface area (Å²) in [6.07, 6.45) is 0.435. The summed E-state index contributed by atoms with van der Waals surface area (Å²) in [6.45, 7) is 9.62. The van der Waals surface area contributed by atoms with Gasteiger partial charge in [0.25, 0.3) is 0 Å². The van der Waals surface area contributed by atoms with Gasteiger partial charge in [-0.25, -0.2) is 0 Å². The van der Waals surface area contributed by atoms with Crippen LogP contribution < -0.4 is 15.5 Å². The Morgan fingerprint density at radius 2 is 1.77 bits per heavy atom. The van der Waals surface area contributed by atoms with E-state index in [1.807, 2.05) is 37.3 Å². The predicted molar refractivity (Wildman–Crippen MR) is 111 cm³/mol. The van der Waals surface area contributed by atoms with Gasteiger partial charge in [-0.3, -0.25) is 4.79 Å². The molecule has 0 unspecified atom stereocenters. The number of anilines is 2. The molecule has 26 heavy (non-hydrogen) atoms. The number of carbonyl (C=O) groups excluding carboxylic acids is 1. The van der Waals surface area contributed by atoms with E-state index in [0.717, 1.165) is 41.5 Å². The molecule has 0 fully saturated rings. The Kier molecular flexibility index (Phi) is 7.95. The second-order valence-electron chi connectivity index (χ2n) is 6.27. The van der Waals surface area contributed by atoms with Crippen molar-refractivity contribution in [2.45, 2.75) is 33.7 Å². The topological polar surface area (TPSA) is 44.4 Å². The van der Waals surface area contributed by atoms with Crippen LogP contribution in [0.2, 0.25) is 5.02 Å². The third kappa shape index (κ3) is 6.04. The van der Waals surface area contributed by atoms with Crippen LogP contribution >= 0.6 is 11.6 Å². The number of hydrogen-bond donors (Lipinski definition) is 2. The van der Waals surface area contributed by atoms with Crippen LogP contribution in [0.3, 0.4) is 0 Å². The summed E-state index contributed by atoms with van der Waals surface area (Å²) in [5.74, 6) is 0.0206. The highest BCUT2D eigenvalue weighted by Crippen LogP contribution is 2.22. The highest BCUT2D eigenvalue weighted by molar-refractivity contribution is 6.30. The molecule has 1 amide bonds. The van der Waals surface area contributed by atoms with E-state index >= 15 is 0 Å². The highest BCUT2D eigenvalue weighted by Gasteiger charge is 2.08. The Hall–Kier alpha value is -2.04. The zero-order chi connectivity index (χ0) is 18.9. The first-order chi connectivity index (χ1) is 12.5. The molecule has 0 saturated carbocycles. The summed E-state index contributed by atoms with van der Waals surface area (Å²) in [4.78, 5) is 14.5. The molecule has 2 aromatic carbocycles. The minimum absolute atomic E-state index is 0.0206. The first kappa shape index (κ1) is 20.3. The second kappa shape index (κ2) is 10.2. The van der Waals surface area contributed by atoms with Crippen molar-refractivity contribution in [2.75, 3.05) is 29.9 Å². The summed E-state index contributed by atoms with van der Waals surface area (Å²) < 4.78 is 0. The molecule has 0 aliphatic rings. The van der Waals surface area contributed by atoms with Gasteiger partial charge in [-0.2, -0.15) is 0 Å². The van der Waals surface area contributed by atoms with Crippen LogP contribution in [-0.2, 0) is 11.3 Å². The van der Waals surface area contributed by atoms with Crippen LogP contribution in [0.5, 0.6) is 0 Å². The van der Waals surface area contributed by atoms with Gasteiger partial charge in [-0.05, 0) is 62.2 Å². The molecular formula is C21H28ClN3O. The summed E-state index contributed by atoms with van der Waals surface area (Å²) in [5.41, 5.74) is 4.30. The smallest absolute Gasteiger partial charge is 0.225 e. The van der Waals surface area contributed by atoms with Gasteiger partial charge < -0.3 is 15.5 Å². The average Bonchev–Trinajstić information content (AvgIpc) is 2.63. The van der Waals surface area contributed by atoms with E-state index in [4.69, 9.17) is 11.6 Å². The van der Waals surface area contributed by atoms with E-state index in [-0.39, 0.29) is 5.91 Å². The first-order valence-electron chi connectivity index (χ1n) is 9.14. The van der Waals surface area contributed by atoms with Crippen molar-refractivity contribution < 1.29 is 4.79 Å². The van der Waals surface area contributed by atoms with Crippen molar-refractivity contribution in [1.82, 2.24) is 5.32 Å². The maximum atomic E-state index is 12.2. The Labute approximate surface area is 161 Å². The number of rotatable bonds is 9. The lowest BCUT2D eigenvalue weighted by Gasteiger charge is -2.22. The molecule has 0 aromatic heterocycles. The molecule has 0 bridgehead atoms. The molecular weight excluding hydrogens is 346 g/mol. The fraction of sp³-hybridized carbons (Fsp3) is 0.381. The normalized spacial score (nSPS) is 10.6. The van der Waals surface area contributed by atoms with Crippen molar-refractivity contribution in [2.24, 2.45) is 0 Å². The molecule has 140 valence electrons. The SMILES string of the molecule is CCN(CC)c1ccc(NC(=O)CCNCc2ccc(Cl)cc2)c(C)c1. The fourth-order valence-electron chi connectivity index (χ4n) is 2.82. The molecule has 0 saturated heterocycles. The molecule has 0 aliphatic heterocycles. The standard InChI is InChI=1S/C21H28ClN3O/c1-4-25(5-2)19-10-11-20(16(3)14-19)24-21(26)12-13-23-15-17-6-8-18(22)9-7-17/h6-11,14,23H,4-5,12-13,15H2,1-3H3,(H,24,26). The Morgan fingerprint density at radius 1 is 1.08 bits per heavy atom. The van der Waals surface area contributed by atoms with Crippen molar-refractivity contribution in [3.8, 4) is 0 Å². The number of benzene rings is 2. The van der Waals surface area contributed by atoms with Gasteiger partial charge in [0, 0.05) is 49.0 Å². The Morgan fingerprint density at radius 3 is 2.38 bits per heavy atom. The molecule has 0 heterocycles. The van der Waals surface area contributed by atoms with Crippen LogP contribution in [0.4, 0.5) is 11.4 Å². The number of hydrogen-bond acceptors (Lipinski definition) is 3. The molecule has 4 nitrogen and oxygen atoms in total. The van der Waals surface area contributed by atoms with Crippen LogP contribution in [0.25, 0.3) is 0 Å². The van der Waals surface area contributed by atoms with E-state index in [2.05, 4.69) is 41.5 Å². The van der Waals surface area contributed by atoms with Crippen LogP contribution in [-0.4, -0.2) is 25.5 Å². The van der Waals surface area contributed by atoms with E-state index in [1.54, 1.807) is 0 Å². The van der Waals surface area contributed by atoms with Crippen molar-refractivity contribution in [1.29, 1.82) is 0 Å². The van der Waals surface area contributed by atoms with Crippen LogP contribution in [0, 0.1) is 6.92 Å². The Bertz CT molecular complexity index is 712. The molecule has 0 atom stereocenters. The number of aryl methyl sites for hydroxylation is 1. The quantitative estimate of drug-likeness (QED) is 0.631. The molecule has 0 aliphatic carbocycles. The summed E-state index contributed by atoms with van der Waals surface area (Å²) in [6, 6.07) is 13.9. The molecule has 2 rings (SSSR count). The minimum atomic E-state index is 0.0206. The van der Waals surface area contributed by atoms with Crippen molar-refractivity contribution >= 4 is 28.9 Å². The number of halogens is 1. The van der Waals surface area contributed by atoms with Gasteiger partial charge in [-0.1, -0.05) is 23.7 Å². The third-order valence-corrected chi connectivity index (χ3v) is 4.64. The first-order valence-corrected chi connectivity index (χ1v) is 9.51. The molecule has 0 spiro atoms. The molecule has 2 aromatic rings. The van der Waals surface area contributed by atoms with E-state index in [1.165, 1.54) is 5.69 Å². The van der Waals surface area contributed by atoms with Crippen LogP contribution in [0.15, 0.2) is 42.5 Å². The van der Waals surface area contributed by atoms with E-state index < -0.39 is 0 Å². The summed E-state index contributed by atoms with van der Waals surface area (Å²) >= 11 is 5.87. The van der Waals surface area contributed by atoms with E-state index in [9.17, 15) is 4.79 Å². The predicted octanol–water partition coefficient (Wildman–Crippen LogP) is 4.61. The summed E-state index contributed by atoms with van der Waals surface area (Å²) in [7, 11) is 0. The lowest BCUT2D eigenvalue weighted by atomic mass is 10.1. The number of amides is 1. The second-order valence-corrected chi connectivity index (χ2v) is 6.71. The van der Waals surface area contributed by atoms with Gasteiger partial charge >= 0.3 is 0 Å². The number of carbonyl (C=O) groups is 1. The maximum absolute atomic E-state index is 12.2. The van der Waals surface area contributed by atoms with Crippen molar-refractivity contribution in [3.05, 3.63) is 58.6 Å². The Balaban J connectivity index is 1.79. The van der Waals surface area contributed by atoms with Gasteiger partial charge in [0.1, 0.15) is 0 Å². The largest absolute Gasteiger partial charge is 0.372 e. The van der Waals surface area contributed by atoms with Gasteiger partial charge in [0.2, 0.25) is 5.91 Å². The van der Waals surface area contributed by atoms with Gasteiger partial charge in [0.15, 0.2) is 0 Å². The number of nitrogens with one attached hydrogen (secondary N) is 2.